The Morgan fingerprint density at radius 3 is 3.25 bits per heavy atom. The molecular weight excluding hydrogens is 222 g/mol. The number of rotatable bonds is 3. The van der Waals surface area contributed by atoms with Gasteiger partial charge < -0.3 is 10.6 Å². The third-order valence-corrected chi connectivity index (χ3v) is 3.81. The van der Waals surface area contributed by atoms with Crippen LogP contribution in [0.4, 0.5) is 0 Å². The van der Waals surface area contributed by atoms with Crippen molar-refractivity contribution >= 4 is 17.2 Å². The van der Waals surface area contributed by atoms with Crippen LogP contribution in [-0.4, -0.2) is 24.0 Å². The zero-order valence-electron chi connectivity index (χ0n) is 9.40. The van der Waals surface area contributed by atoms with Crippen molar-refractivity contribution in [2.75, 3.05) is 13.1 Å². The molecule has 0 spiro atoms. The van der Waals surface area contributed by atoms with E-state index in [2.05, 4.69) is 15.6 Å². The minimum Gasteiger partial charge on any atom is -0.347 e. The normalized spacial score (nSPS) is 22.7. The maximum atomic E-state index is 11.9. The van der Waals surface area contributed by atoms with Gasteiger partial charge in [-0.1, -0.05) is 0 Å². The molecule has 2 heterocycles. The van der Waals surface area contributed by atoms with E-state index >= 15 is 0 Å². The van der Waals surface area contributed by atoms with Gasteiger partial charge >= 0.3 is 0 Å². The van der Waals surface area contributed by atoms with Crippen LogP contribution in [0.5, 0.6) is 0 Å². The van der Waals surface area contributed by atoms with Crippen molar-refractivity contribution in [3.8, 4) is 0 Å². The molecule has 88 valence electrons. The van der Waals surface area contributed by atoms with Crippen LogP contribution in [0.3, 0.4) is 0 Å². The monoisotopic (exact) mass is 239 g/mol. The number of amides is 1. The largest absolute Gasteiger partial charge is 0.347 e. The lowest BCUT2D eigenvalue weighted by molar-refractivity contribution is -0.126. The lowest BCUT2D eigenvalue weighted by Gasteiger charge is -2.23. The van der Waals surface area contributed by atoms with Crippen LogP contribution >= 0.6 is 11.3 Å². The third-order valence-electron chi connectivity index (χ3n) is 2.85. The molecule has 2 atom stereocenters. The van der Waals surface area contributed by atoms with Crippen LogP contribution in [0, 0.1) is 5.92 Å². The van der Waals surface area contributed by atoms with Crippen molar-refractivity contribution in [1.29, 1.82) is 0 Å². The van der Waals surface area contributed by atoms with Crippen molar-refractivity contribution in [3.05, 3.63) is 16.6 Å². The molecule has 0 aromatic carbocycles. The molecule has 1 saturated heterocycles. The molecule has 0 bridgehead atoms. The van der Waals surface area contributed by atoms with E-state index in [-0.39, 0.29) is 17.9 Å². The van der Waals surface area contributed by atoms with Crippen LogP contribution < -0.4 is 10.6 Å². The molecule has 4 nitrogen and oxygen atoms in total. The van der Waals surface area contributed by atoms with E-state index in [1.807, 2.05) is 12.3 Å². The Morgan fingerprint density at radius 2 is 2.62 bits per heavy atom. The molecule has 1 aromatic heterocycles. The maximum absolute atomic E-state index is 11.9. The van der Waals surface area contributed by atoms with Crippen molar-refractivity contribution in [2.24, 2.45) is 5.92 Å². The zero-order valence-corrected chi connectivity index (χ0v) is 10.2. The van der Waals surface area contributed by atoms with E-state index in [0.29, 0.717) is 0 Å². The highest BCUT2D eigenvalue weighted by Gasteiger charge is 2.22. The van der Waals surface area contributed by atoms with Crippen LogP contribution in [-0.2, 0) is 4.79 Å². The Bertz CT molecular complexity index is 333. The SMILES string of the molecule is CC(NC(=O)[C@H]1CCCNC1)c1nccs1. The standard InChI is InChI=1S/C11H17N3OS/c1-8(11-13-5-6-16-11)14-10(15)9-3-2-4-12-7-9/h5-6,8-9,12H,2-4,7H2,1H3,(H,14,15)/t8?,9-/m0/s1. The summed E-state index contributed by atoms with van der Waals surface area (Å²) in [4.78, 5) is 16.1. The second-order valence-corrected chi connectivity index (χ2v) is 5.07. The fraction of sp³-hybridized carbons (Fsp3) is 0.636. The number of nitrogens with zero attached hydrogens (tertiary/aromatic N) is 1. The number of nitrogens with one attached hydrogen (secondary N) is 2. The summed E-state index contributed by atoms with van der Waals surface area (Å²) in [6, 6.07) is 0.0226. The lowest BCUT2D eigenvalue weighted by atomic mass is 9.98. The maximum Gasteiger partial charge on any atom is 0.224 e. The number of hydrogen-bond acceptors (Lipinski definition) is 4. The first kappa shape index (κ1) is 11.5. The van der Waals surface area contributed by atoms with Gasteiger partial charge in [0.1, 0.15) is 5.01 Å². The predicted octanol–water partition coefficient (Wildman–Crippen LogP) is 1.32. The fourth-order valence-corrected chi connectivity index (χ4v) is 2.56. The second-order valence-electron chi connectivity index (χ2n) is 4.14. The topological polar surface area (TPSA) is 54.0 Å². The van der Waals surface area contributed by atoms with Gasteiger partial charge in [-0.15, -0.1) is 11.3 Å². The lowest BCUT2D eigenvalue weighted by Crippen LogP contribution is -2.41. The highest BCUT2D eigenvalue weighted by molar-refractivity contribution is 7.09. The Morgan fingerprint density at radius 1 is 1.75 bits per heavy atom. The Balaban J connectivity index is 1.86. The first-order valence-electron chi connectivity index (χ1n) is 5.68. The van der Waals surface area contributed by atoms with E-state index in [4.69, 9.17) is 0 Å². The molecule has 0 aliphatic carbocycles. The first-order chi connectivity index (χ1) is 7.77. The number of thiazole rings is 1. The number of carbonyl (C=O) groups excluding carboxylic acids is 1. The minimum atomic E-state index is 0.0226. The van der Waals surface area contributed by atoms with Gasteiger partial charge in [-0.2, -0.15) is 0 Å². The van der Waals surface area contributed by atoms with E-state index < -0.39 is 0 Å². The molecular formula is C11H17N3OS. The van der Waals surface area contributed by atoms with Crippen molar-refractivity contribution in [2.45, 2.75) is 25.8 Å². The molecule has 1 fully saturated rings. The average molecular weight is 239 g/mol. The van der Waals surface area contributed by atoms with Gasteiger partial charge in [0, 0.05) is 18.1 Å². The van der Waals surface area contributed by atoms with Crippen LogP contribution in [0.25, 0.3) is 0 Å². The van der Waals surface area contributed by atoms with E-state index in [0.717, 1.165) is 30.9 Å². The summed E-state index contributed by atoms with van der Waals surface area (Å²) >= 11 is 1.58. The molecule has 1 amide bonds. The summed E-state index contributed by atoms with van der Waals surface area (Å²) in [6.07, 6.45) is 3.85. The summed E-state index contributed by atoms with van der Waals surface area (Å²) < 4.78 is 0. The molecule has 0 saturated carbocycles. The number of hydrogen-bond donors (Lipinski definition) is 2. The van der Waals surface area contributed by atoms with Crippen LogP contribution in [0.15, 0.2) is 11.6 Å². The Labute approximate surface area is 99.5 Å². The third kappa shape index (κ3) is 2.80. The molecule has 1 aliphatic heterocycles. The minimum absolute atomic E-state index is 0.0226. The smallest absolute Gasteiger partial charge is 0.224 e. The predicted molar refractivity (Wildman–Crippen MR) is 64.3 cm³/mol. The number of piperidine rings is 1. The van der Waals surface area contributed by atoms with Gasteiger partial charge in [0.25, 0.3) is 0 Å². The summed E-state index contributed by atoms with van der Waals surface area (Å²) in [6.45, 7) is 3.81. The highest BCUT2D eigenvalue weighted by Crippen LogP contribution is 2.17. The second kappa shape index (κ2) is 5.41. The summed E-state index contributed by atoms with van der Waals surface area (Å²) in [5.74, 6) is 0.270. The van der Waals surface area contributed by atoms with Crippen molar-refractivity contribution in [1.82, 2.24) is 15.6 Å². The highest BCUT2D eigenvalue weighted by atomic mass is 32.1. The van der Waals surface area contributed by atoms with Crippen molar-refractivity contribution < 1.29 is 4.79 Å². The Hall–Kier alpha value is -0.940. The number of carbonyl (C=O) groups is 1. The number of aromatic nitrogens is 1. The molecule has 1 unspecified atom stereocenters. The van der Waals surface area contributed by atoms with Gasteiger partial charge in [0.15, 0.2) is 0 Å². The van der Waals surface area contributed by atoms with Gasteiger partial charge in [-0.3, -0.25) is 4.79 Å². The van der Waals surface area contributed by atoms with Crippen LogP contribution in [0.2, 0.25) is 0 Å². The van der Waals surface area contributed by atoms with Crippen molar-refractivity contribution in [3.63, 3.8) is 0 Å². The molecule has 16 heavy (non-hydrogen) atoms. The van der Waals surface area contributed by atoms with Gasteiger partial charge in [0.05, 0.1) is 12.0 Å². The average Bonchev–Trinajstić information content (AvgIpc) is 2.83. The summed E-state index contributed by atoms with van der Waals surface area (Å²) in [7, 11) is 0. The summed E-state index contributed by atoms with van der Waals surface area (Å²) in [5.41, 5.74) is 0. The summed E-state index contributed by atoms with van der Waals surface area (Å²) in [5, 5.41) is 9.17. The molecule has 5 heteroatoms. The molecule has 1 aromatic rings. The van der Waals surface area contributed by atoms with Gasteiger partial charge in [-0.25, -0.2) is 4.98 Å². The van der Waals surface area contributed by atoms with Crippen LogP contribution in [0.1, 0.15) is 30.8 Å². The molecule has 2 N–H and O–H groups in total. The molecule has 1 aliphatic rings. The quantitative estimate of drug-likeness (QED) is 0.836. The molecule has 2 rings (SSSR count). The van der Waals surface area contributed by atoms with E-state index in [9.17, 15) is 4.79 Å². The van der Waals surface area contributed by atoms with Gasteiger partial charge in [0.2, 0.25) is 5.91 Å². The first-order valence-corrected chi connectivity index (χ1v) is 6.56. The van der Waals surface area contributed by atoms with E-state index in [1.165, 1.54) is 0 Å². The van der Waals surface area contributed by atoms with E-state index in [1.54, 1.807) is 17.5 Å². The zero-order chi connectivity index (χ0) is 11.4. The fourth-order valence-electron chi connectivity index (χ4n) is 1.92. The Kier molecular flexibility index (Phi) is 3.90. The molecule has 0 radical (unpaired) electrons. The van der Waals surface area contributed by atoms with Gasteiger partial charge in [-0.05, 0) is 26.3 Å².